The summed E-state index contributed by atoms with van der Waals surface area (Å²) in [4.78, 5) is 13.9. The van der Waals surface area contributed by atoms with Gasteiger partial charge in [0.15, 0.2) is 5.78 Å². The molecule has 1 aliphatic rings. The molecule has 0 aromatic heterocycles. The molecule has 2 atom stereocenters. The van der Waals surface area contributed by atoms with Gasteiger partial charge in [-0.2, -0.15) is 0 Å². The zero-order chi connectivity index (χ0) is 15.2. The molecule has 1 aromatic carbocycles. The fraction of sp³-hybridized carbons (Fsp3) is 0.588. The maximum Gasteiger partial charge on any atom is 0.163 e. The summed E-state index contributed by atoms with van der Waals surface area (Å²) in [7, 11) is 2.14. The van der Waals surface area contributed by atoms with Gasteiger partial charge in [-0.05, 0) is 51.4 Å². The number of benzene rings is 1. The maximum absolute atomic E-state index is 11.5. The molecular weight excluding hydrogens is 264 g/mol. The van der Waals surface area contributed by atoms with Crippen LogP contribution < -0.4 is 10.5 Å². The average molecular weight is 290 g/mol. The first-order valence-corrected chi connectivity index (χ1v) is 7.76. The number of likely N-dealkylation sites (N-methyl/N-ethyl adjacent to an activating group) is 1. The molecule has 116 valence electrons. The Kier molecular flexibility index (Phi) is 5.76. The molecule has 21 heavy (non-hydrogen) atoms. The van der Waals surface area contributed by atoms with Crippen molar-refractivity contribution in [2.24, 2.45) is 11.7 Å². The Balaban J connectivity index is 1.85. The fourth-order valence-corrected chi connectivity index (χ4v) is 3.22. The van der Waals surface area contributed by atoms with Gasteiger partial charge in [-0.25, -0.2) is 0 Å². The van der Waals surface area contributed by atoms with Gasteiger partial charge >= 0.3 is 0 Å². The van der Waals surface area contributed by atoms with Gasteiger partial charge in [0.25, 0.3) is 0 Å². The highest BCUT2D eigenvalue weighted by atomic mass is 16.5. The van der Waals surface area contributed by atoms with Crippen molar-refractivity contribution in [1.82, 2.24) is 4.90 Å². The number of ketones is 1. The zero-order valence-electron chi connectivity index (χ0n) is 13.0. The van der Waals surface area contributed by atoms with Gasteiger partial charge in [0.2, 0.25) is 0 Å². The van der Waals surface area contributed by atoms with E-state index in [4.69, 9.17) is 10.5 Å². The number of carbonyl (C=O) groups excluding carboxylic acids is 1. The lowest BCUT2D eigenvalue weighted by Crippen LogP contribution is -2.39. The number of carbonyl (C=O) groups is 1. The molecule has 0 heterocycles. The van der Waals surface area contributed by atoms with E-state index >= 15 is 0 Å². The lowest BCUT2D eigenvalue weighted by atomic mass is 10.0. The highest BCUT2D eigenvalue weighted by molar-refractivity contribution is 5.96. The molecule has 0 saturated heterocycles. The third-order valence-corrected chi connectivity index (χ3v) is 4.46. The van der Waals surface area contributed by atoms with Crippen LogP contribution in [0.5, 0.6) is 5.75 Å². The number of rotatable bonds is 7. The Hall–Kier alpha value is -1.39. The van der Waals surface area contributed by atoms with E-state index in [0.29, 0.717) is 29.9 Å². The van der Waals surface area contributed by atoms with Crippen LogP contribution in [0.2, 0.25) is 0 Å². The van der Waals surface area contributed by atoms with Gasteiger partial charge in [-0.3, -0.25) is 9.69 Å². The minimum atomic E-state index is 0.0398. The first kappa shape index (κ1) is 16.0. The summed E-state index contributed by atoms with van der Waals surface area (Å²) in [6.07, 6.45) is 3.73. The number of Topliss-reactive ketones (excluding diaryl/α,β-unsaturated/α-hetero) is 1. The van der Waals surface area contributed by atoms with E-state index in [1.165, 1.54) is 19.3 Å². The second-order valence-electron chi connectivity index (χ2n) is 5.88. The monoisotopic (exact) mass is 290 g/mol. The first-order chi connectivity index (χ1) is 10.1. The fourth-order valence-electron chi connectivity index (χ4n) is 3.22. The van der Waals surface area contributed by atoms with Crippen molar-refractivity contribution < 1.29 is 9.53 Å². The van der Waals surface area contributed by atoms with Gasteiger partial charge in [-0.1, -0.05) is 18.6 Å². The quantitative estimate of drug-likeness (QED) is 0.783. The van der Waals surface area contributed by atoms with E-state index in [9.17, 15) is 4.79 Å². The molecule has 0 bridgehead atoms. The molecule has 1 aliphatic carbocycles. The number of nitrogens with two attached hydrogens (primary N) is 1. The van der Waals surface area contributed by atoms with E-state index in [-0.39, 0.29) is 5.78 Å². The molecular formula is C17H26N2O2. The van der Waals surface area contributed by atoms with Crippen molar-refractivity contribution in [2.45, 2.75) is 32.2 Å². The average Bonchev–Trinajstić information content (AvgIpc) is 2.96. The number of hydrogen-bond donors (Lipinski definition) is 1. The van der Waals surface area contributed by atoms with Crippen molar-refractivity contribution in [2.75, 3.05) is 26.7 Å². The highest BCUT2D eigenvalue weighted by Crippen LogP contribution is 2.28. The maximum atomic E-state index is 11.5. The van der Waals surface area contributed by atoms with E-state index in [1.807, 2.05) is 24.3 Å². The number of hydrogen-bond acceptors (Lipinski definition) is 4. The lowest BCUT2D eigenvalue weighted by molar-refractivity contribution is 0.101. The van der Waals surface area contributed by atoms with E-state index in [1.54, 1.807) is 6.92 Å². The SMILES string of the molecule is CC(=O)c1ccccc1OCCN(C)C1CCCC1CN. The zero-order valence-corrected chi connectivity index (χ0v) is 13.0. The van der Waals surface area contributed by atoms with Crippen LogP contribution in [-0.4, -0.2) is 43.5 Å². The Morgan fingerprint density at radius 1 is 1.38 bits per heavy atom. The van der Waals surface area contributed by atoms with Crippen molar-refractivity contribution in [3.05, 3.63) is 29.8 Å². The van der Waals surface area contributed by atoms with E-state index < -0.39 is 0 Å². The standard InChI is InChI=1S/C17H26N2O2/c1-13(20)15-7-3-4-9-17(15)21-11-10-19(2)16-8-5-6-14(16)12-18/h3-4,7,9,14,16H,5-6,8,10-12,18H2,1-2H3. The van der Waals surface area contributed by atoms with Crippen molar-refractivity contribution in [3.63, 3.8) is 0 Å². The third-order valence-electron chi connectivity index (χ3n) is 4.46. The van der Waals surface area contributed by atoms with Crippen molar-refractivity contribution in [1.29, 1.82) is 0 Å². The van der Waals surface area contributed by atoms with Crippen LogP contribution in [0.3, 0.4) is 0 Å². The molecule has 2 rings (SSSR count). The van der Waals surface area contributed by atoms with Crippen LogP contribution >= 0.6 is 0 Å². The van der Waals surface area contributed by atoms with Crippen molar-refractivity contribution >= 4 is 5.78 Å². The minimum Gasteiger partial charge on any atom is -0.491 e. The van der Waals surface area contributed by atoms with Gasteiger partial charge in [0.1, 0.15) is 12.4 Å². The Bertz CT molecular complexity index is 476. The molecule has 1 saturated carbocycles. The van der Waals surface area contributed by atoms with Crippen LogP contribution in [0.25, 0.3) is 0 Å². The highest BCUT2D eigenvalue weighted by Gasteiger charge is 2.28. The Labute approximate surface area is 127 Å². The number of para-hydroxylation sites is 1. The number of ether oxygens (including phenoxy) is 1. The van der Waals surface area contributed by atoms with Gasteiger partial charge < -0.3 is 10.5 Å². The molecule has 0 aliphatic heterocycles. The summed E-state index contributed by atoms with van der Waals surface area (Å²) in [5, 5.41) is 0. The summed E-state index contributed by atoms with van der Waals surface area (Å²) < 4.78 is 5.80. The molecule has 1 aromatic rings. The first-order valence-electron chi connectivity index (χ1n) is 7.76. The largest absolute Gasteiger partial charge is 0.491 e. The smallest absolute Gasteiger partial charge is 0.163 e. The van der Waals surface area contributed by atoms with Gasteiger partial charge in [0.05, 0.1) is 5.56 Å². The summed E-state index contributed by atoms with van der Waals surface area (Å²) in [5.41, 5.74) is 6.49. The van der Waals surface area contributed by atoms with Crippen molar-refractivity contribution in [3.8, 4) is 5.75 Å². The second-order valence-corrected chi connectivity index (χ2v) is 5.88. The van der Waals surface area contributed by atoms with E-state index in [0.717, 1.165) is 13.1 Å². The Morgan fingerprint density at radius 2 is 2.14 bits per heavy atom. The topological polar surface area (TPSA) is 55.6 Å². The summed E-state index contributed by atoms with van der Waals surface area (Å²) >= 11 is 0. The molecule has 4 heteroatoms. The summed E-state index contributed by atoms with van der Waals surface area (Å²) in [6, 6.07) is 7.99. The van der Waals surface area contributed by atoms with Crippen LogP contribution in [0.1, 0.15) is 36.5 Å². The predicted octanol–water partition coefficient (Wildman–Crippen LogP) is 2.33. The molecule has 0 radical (unpaired) electrons. The minimum absolute atomic E-state index is 0.0398. The lowest BCUT2D eigenvalue weighted by Gasteiger charge is -2.29. The number of nitrogens with zero attached hydrogens (tertiary/aromatic N) is 1. The second kappa shape index (κ2) is 7.57. The molecule has 2 N–H and O–H groups in total. The van der Waals surface area contributed by atoms with Gasteiger partial charge in [0, 0.05) is 12.6 Å². The van der Waals surface area contributed by atoms with E-state index in [2.05, 4.69) is 11.9 Å². The summed E-state index contributed by atoms with van der Waals surface area (Å²) in [5.74, 6) is 1.33. The van der Waals surface area contributed by atoms with Gasteiger partial charge in [-0.15, -0.1) is 0 Å². The van der Waals surface area contributed by atoms with Crippen LogP contribution in [0.4, 0.5) is 0 Å². The summed E-state index contributed by atoms with van der Waals surface area (Å²) in [6.45, 7) is 3.78. The normalized spacial score (nSPS) is 21.7. The molecule has 2 unspecified atom stereocenters. The van der Waals surface area contributed by atoms with Crippen LogP contribution in [-0.2, 0) is 0 Å². The molecule has 0 spiro atoms. The third kappa shape index (κ3) is 4.05. The predicted molar refractivity (Wildman–Crippen MR) is 84.8 cm³/mol. The Morgan fingerprint density at radius 3 is 2.86 bits per heavy atom. The molecule has 4 nitrogen and oxygen atoms in total. The van der Waals surface area contributed by atoms with Crippen LogP contribution in [0.15, 0.2) is 24.3 Å². The molecule has 1 fully saturated rings. The molecule has 0 amide bonds. The van der Waals surface area contributed by atoms with Crippen LogP contribution in [0, 0.1) is 5.92 Å².